The molecule has 2 aromatic carbocycles. The van der Waals surface area contributed by atoms with Gasteiger partial charge >= 0.3 is 0 Å². The fourth-order valence-electron chi connectivity index (χ4n) is 2.81. The lowest BCUT2D eigenvalue weighted by Gasteiger charge is -2.21. The quantitative estimate of drug-likeness (QED) is 0.866. The molecule has 6 nitrogen and oxygen atoms in total. The van der Waals surface area contributed by atoms with Crippen LogP contribution in [-0.4, -0.2) is 33.2 Å². The summed E-state index contributed by atoms with van der Waals surface area (Å²) >= 11 is 0. The number of rotatable bonds is 3. The first kappa shape index (κ1) is 19.1. The normalized spacial score (nSPS) is 16.9. The van der Waals surface area contributed by atoms with Gasteiger partial charge < -0.3 is 10.1 Å². The van der Waals surface area contributed by atoms with Gasteiger partial charge in [0, 0.05) is 24.7 Å². The van der Waals surface area contributed by atoms with Crippen LogP contribution in [0, 0.1) is 18.6 Å². The SMILES string of the molecule is Cc1ccc2c(c1)N(S(C)(=O)=O)CC[C@@H](C(=O)Nc1ccc(F)c(F)c1)O2. The van der Waals surface area contributed by atoms with Crippen molar-refractivity contribution < 1.29 is 26.7 Å². The second-order valence-electron chi connectivity index (χ2n) is 6.32. The first-order valence-corrected chi connectivity index (χ1v) is 10.0. The third-order valence-electron chi connectivity index (χ3n) is 4.13. The third-order valence-corrected chi connectivity index (χ3v) is 5.31. The number of carbonyl (C=O) groups is 1. The highest BCUT2D eigenvalue weighted by Crippen LogP contribution is 2.35. The minimum atomic E-state index is -3.57. The molecule has 2 aromatic rings. The van der Waals surface area contributed by atoms with Gasteiger partial charge in [0.2, 0.25) is 10.0 Å². The van der Waals surface area contributed by atoms with Crippen LogP contribution in [0.25, 0.3) is 0 Å². The molecule has 0 aromatic heterocycles. The van der Waals surface area contributed by atoms with Crippen molar-refractivity contribution in [3.05, 3.63) is 53.6 Å². The Labute approximate surface area is 155 Å². The second-order valence-corrected chi connectivity index (χ2v) is 8.23. The summed E-state index contributed by atoms with van der Waals surface area (Å²) in [5.41, 5.74) is 1.28. The van der Waals surface area contributed by atoms with Crippen LogP contribution in [0.15, 0.2) is 36.4 Å². The van der Waals surface area contributed by atoms with Gasteiger partial charge in [-0.1, -0.05) is 6.07 Å². The monoisotopic (exact) mass is 396 g/mol. The van der Waals surface area contributed by atoms with Gasteiger partial charge in [-0.05, 0) is 36.8 Å². The molecule has 1 N–H and O–H groups in total. The number of ether oxygens (including phenoxy) is 1. The highest BCUT2D eigenvalue weighted by Gasteiger charge is 2.31. The van der Waals surface area contributed by atoms with Crippen molar-refractivity contribution >= 4 is 27.3 Å². The molecule has 1 amide bonds. The summed E-state index contributed by atoms with van der Waals surface area (Å²) in [6, 6.07) is 8.02. The zero-order chi connectivity index (χ0) is 19.8. The van der Waals surface area contributed by atoms with Crippen molar-refractivity contribution in [2.24, 2.45) is 0 Å². The Morgan fingerprint density at radius 2 is 1.93 bits per heavy atom. The molecule has 0 saturated heterocycles. The molecule has 3 rings (SSSR count). The number of nitrogens with zero attached hydrogens (tertiary/aromatic N) is 1. The fourth-order valence-corrected chi connectivity index (χ4v) is 3.75. The number of hydrogen-bond donors (Lipinski definition) is 1. The molecule has 1 atom stereocenters. The summed E-state index contributed by atoms with van der Waals surface area (Å²) in [7, 11) is -3.57. The van der Waals surface area contributed by atoms with Crippen molar-refractivity contribution in [3.63, 3.8) is 0 Å². The number of hydrogen-bond acceptors (Lipinski definition) is 4. The van der Waals surface area contributed by atoms with Crippen LogP contribution >= 0.6 is 0 Å². The molecule has 0 spiro atoms. The summed E-state index contributed by atoms with van der Waals surface area (Å²) in [5.74, 6) is -2.43. The van der Waals surface area contributed by atoms with Crippen LogP contribution in [0.1, 0.15) is 12.0 Å². The standard InChI is InChI=1S/C18H18F2N2O4S/c1-11-3-6-16-15(9-11)22(27(2,24)25)8-7-17(26-16)18(23)21-12-4-5-13(19)14(20)10-12/h3-6,9-10,17H,7-8H2,1-2H3,(H,21,23)/t17-/m0/s1. The summed E-state index contributed by atoms with van der Waals surface area (Å²) in [5, 5.41) is 2.46. The van der Waals surface area contributed by atoms with Crippen molar-refractivity contribution in [3.8, 4) is 5.75 Å². The van der Waals surface area contributed by atoms with Crippen LogP contribution < -0.4 is 14.4 Å². The smallest absolute Gasteiger partial charge is 0.265 e. The van der Waals surface area contributed by atoms with Gasteiger partial charge in [-0.25, -0.2) is 17.2 Å². The lowest BCUT2D eigenvalue weighted by atomic mass is 10.2. The fraction of sp³-hybridized carbons (Fsp3) is 0.278. The maximum absolute atomic E-state index is 13.3. The lowest BCUT2D eigenvalue weighted by molar-refractivity contribution is -0.122. The molecule has 0 radical (unpaired) electrons. The predicted octanol–water partition coefficient (Wildman–Crippen LogP) is 2.83. The molecular weight excluding hydrogens is 378 g/mol. The Hall–Kier alpha value is -2.68. The number of anilines is 2. The van der Waals surface area contributed by atoms with Gasteiger partial charge in [0.25, 0.3) is 5.91 Å². The van der Waals surface area contributed by atoms with E-state index in [0.717, 1.165) is 24.0 Å². The van der Waals surface area contributed by atoms with E-state index in [-0.39, 0.29) is 24.4 Å². The molecule has 0 fully saturated rings. The Morgan fingerprint density at radius 3 is 2.59 bits per heavy atom. The lowest BCUT2D eigenvalue weighted by Crippen LogP contribution is -2.36. The highest BCUT2D eigenvalue weighted by atomic mass is 32.2. The zero-order valence-corrected chi connectivity index (χ0v) is 15.5. The molecular formula is C18H18F2N2O4S. The topological polar surface area (TPSA) is 75.7 Å². The van der Waals surface area contributed by atoms with Crippen molar-refractivity contribution in [1.82, 2.24) is 0 Å². The average Bonchev–Trinajstić information content (AvgIpc) is 2.77. The van der Waals surface area contributed by atoms with E-state index in [2.05, 4.69) is 5.32 Å². The molecule has 9 heteroatoms. The molecule has 1 heterocycles. The van der Waals surface area contributed by atoms with Crippen LogP contribution in [0.4, 0.5) is 20.2 Å². The van der Waals surface area contributed by atoms with Crippen LogP contribution in [0.3, 0.4) is 0 Å². The predicted molar refractivity (Wildman–Crippen MR) is 97.4 cm³/mol. The summed E-state index contributed by atoms with van der Waals surface area (Å²) < 4.78 is 57.6. The maximum Gasteiger partial charge on any atom is 0.265 e. The zero-order valence-electron chi connectivity index (χ0n) is 14.7. The molecule has 144 valence electrons. The minimum Gasteiger partial charge on any atom is -0.478 e. The van der Waals surface area contributed by atoms with Crippen molar-refractivity contribution in [2.45, 2.75) is 19.4 Å². The summed E-state index contributed by atoms with van der Waals surface area (Å²) in [6.45, 7) is 1.87. The van der Waals surface area contributed by atoms with E-state index < -0.39 is 33.7 Å². The largest absolute Gasteiger partial charge is 0.478 e. The van der Waals surface area contributed by atoms with E-state index in [1.54, 1.807) is 18.2 Å². The van der Waals surface area contributed by atoms with Gasteiger partial charge in [-0.3, -0.25) is 9.10 Å². The van der Waals surface area contributed by atoms with Crippen molar-refractivity contribution in [2.75, 3.05) is 22.4 Å². The molecule has 0 aliphatic carbocycles. The molecule has 0 bridgehead atoms. The number of benzene rings is 2. The number of nitrogens with one attached hydrogen (secondary N) is 1. The molecule has 1 aliphatic rings. The Kier molecular flexibility index (Phi) is 5.05. The highest BCUT2D eigenvalue weighted by molar-refractivity contribution is 7.92. The van der Waals surface area contributed by atoms with E-state index in [1.807, 2.05) is 6.92 Å². The number of halogens is 2. The average molecular weight is 396 g/mol. The number of aryl methyl sites for hydroxylation is 1. The summed E-state index contributed by atoms with van der Waals surface area (Å²) in [4.78, 5) is 12.5. The second kappa shape index (κ2) is 7.15. The Balaban J connectivity index is 1.87. The van der Waals surface area contributed by atoms with Gasteiger partial charge in [0.15, 0.2) is 17.7 Å². The van der Waals surface area contributed by atoms with Gasteiger partial charge in [-0.15, -0.1) is 0 Å². The first-order valence-electron chi connectivity index (χ1n) is 8.16. The van der Waals surface area contributed by atoms with Gasteiger partial charge in [-0.2, -0.15) is 0 Å². The van der Waals surface area contributed by atoms with Crippen LogP contribution in [-0.2, 0) is 14.8 Å². The molecule has 1 aliphatic heterocycles. The maximum atomic E-state index is 13.3. The summed E-state index contributed by atoms with van der Waals surface area (Å²) in [6.07, 6.45) is 0.184. The third kappa shape index (κ3) is 4.19. The first-order chi connectivity index (χ1) is 12.6. The van der Waals surface area contributed by atoms with Crippen LogP contribution in [0.2, 0.25) is 0 Å². The number of carbonyl (C=O) groups excluding carboxylic acids is 1. The van der Waals surface area contributed by atoms with Gasteiger partial charge in [0.05, 0.1) is 11.9 Å². The van der Waals surface area contributed by atoms with E-state index in [4.69, 9.17) is 4.74 Å². The van der Waals surface area contributed by atoms with Crippen molar-refractivity contribution in [1.29, 1.82) is 0 Å². The van der Waals surface area contributed by atoms with E-state index >= 15 is 0 Å². The van der Waals surface area contributed by atoms with E-state index in [1.165, 1.54) is 10.4 Å². The Morgan fingerprint density at radius 1 is 1.19 bits per heavy atom. The molecule has 0 unspecified atom stereocenters. The Bertz CT molecular complexity index is 995. The minimum absolute atomic E-state index is 0.0468. The van der Waals surface area contributed by atoms with E-state index in [9.17, 15) is 22.0 Å². The van der Waals surface area contributed by atoms with Crippen LogP contribution in [0.5, 0.6) is 5.75 Å². The van der Waals surface area contributed by atoms with E-state index in [0.29, 0.717) is 5.69 Å². The molecule has 0 saturated carbocycles. The number of sulfonamides is 1. The number of amides is 1. The molecule has 27 heavy (non-hydrogen) atoms. The van der Waals surface area contributed by atoms with Gasteiger partial charge in [0.1, 0.15) is 5.75 Å². The number of fused-ring (bicyclic) bond motifs is 1.